The summed E-state index contributed by atoms with van der Waals surface area (Å²) in [5, 5.41) is 0.768. The molecule has 0 nitrogen and oxygen atoms in total. The van der Waals surface area contributed by atoms with Crippen LogP contribution in [0.2, 0.25) is 0 Å². The van der Waals surface area contributed by atoms with E-state index in [9.17, 15) is 0 Å². The van der Waals surface area contributed by atoms with Gasteiger partial charge in [0, 0.05) is 5.25 Å². The fourth-order valence-corrected chi connectivity index (χ4v) is 2.06. The van der Waals surface area contributed by atoms with Crippen molar-refractivity contribution in [2.24, 2.45) is 11.3 Å². The quantitative estimate of drug-likeness (QED) is 0.669. The highest BCUT2D eigenvalue weighted by molar-refractivity contribution is 7.99. The molecule has 0 N–H and O–H groups in total. The van der Waals surface area contributed by atoms with Gasteiger partial charge in [0.25, 0.3) is 0 Å². The molecule has 74 valence electrons. The van der Waals surface area contributed by atoms with Crippen LogP contribution in [-0.2, 0) is 0 Å². The van der Waals surface area contributed by atoms with E-state index in [2.05, 4.69) is 59.0 Å². The summed E-state index contributed by atoms with van der Waals surface area (Å²) >= 11 is 6.41. The lowest BCUT2D eigenvalue weighted by molar-refractivity contribution is 0.491. The number of thiol groups is 1. The van der Waals surface area contributed by atoms with Crippen LogP contribution in [0.15, 0.2) is 0 Å². The van der Waals surface area contributed by atoms with Crippen molar-refractivity contribution in [2.45, 2.75) is 39.9 Å². The number of thioether (sulfide) groups is 1. The van der Waals surface area contributed by atoms with Crippen molar-refractivity contribution < 1.29 is 0 Å². The molecule has 0 aliphatic rings. The zero-order valence-electron chi connectivity index (χ0n) is 8.92. The minimum atomic E-state index is 0.386. The largest absolute Gasteiger partial charge is 0.179 e. The van der Waals surface area contributed by atoms with Crippen molar-refractivity contribution in [2.75, 3.05) is 11.5 Å². The Morgan fingerprint density at radius 2 is 1.75 bits per heavy atom. The predicted molar refractivity (Wildman–Crippen MR) is 64.4 cm³/mol. The molecule has 0 heterocycles. The van der Waals surface area contributed by atoms with Crippen LogP contribution in [0.1, 0.15) is 34.6 Å². The van der Waals surface area contributed by atoms with Gasteiger partial charge >= 0.3 is 0 Å². The van der Waals surface area contributed by atoms with Gasteiger partial charge in [0.15, 0.2) is 0 Å². The Morgan fingerprint density at radius 3 is 2.08 bits per heavy atom. The second kappa shape index (κ2) is 5.43. The van der Waals surface area contributed by atoms with E-state index in [-0.39, 0.29) is 0 Å². The average molecular weight is 206 g/mol. The maximum atomic E-state index is 4.34. The van der Waals surface area contributed by atoms with Crippen LogP contribution in [0, 0.1) is 11.3 Å². The summed E-state index contributed by atoms with van der Waals surface area (Å²) in [5.41, 5.74) is 0.386. The van der Waals surface area contributed by atoms with E-state index in [1.54, 1.807) is 0 Å². The average Bonchev–Trinajstić information content (AvgIpc) is 2.00. The highest BCUT2D eigenvalue weighted by Crippen LogP contribution is 2.28. The molecule has 0 aromatic heterocycles. The molecule has 12 heavy (non-hydrogen) atoms. The molecule has 1 atom stereocenters. The number of hydrogen-bond acceptors (Lipinski definition) is 2. The molecule has 0 saturated heterocycles. The maximum absolute atomic E-state index is 4.34. The van der Waals surface area contributed by atoms with E-state index < -0.39 is 0 Å². The molecule has 2 heteroatoms. The Balaban J connectivity index is 3.67. The van der Waals surface area contributed by atoms with E-state index in [1.807, 2.05) is 0 Å². The van der Waals surface area contributed by atoms with Gasteiger partial charge in [-0.1, -0.05) is 34.6 Å². The van der Waals surface area contributed by atoms with Gasteiger partial charge in [-0.15, -0.1) is 0 Å². The summed E-state index contributed by atoms with van der Waals surface area (Å²) < 4.78 is 0. The normalized spacial score (nSPS) is 15.2. The zero-order chi connectivity index (χ0) is 9.78. The molecule has 0 aromatic rings. The van der Waals surface area contributed by atoms with E-state index in [0.29, 0.717) is 5.41 Å². The van der Waals surface area contributed by atoms with Crippen molar-refractivity contribution in [3.63, 3.8) is 0 Å². The first kappa shape index (κ1) is 12.7. The molecular formula is C10H22S2. The van der Waals surface area contributed by atoms with Crippen LogP contribution >= 0.6 is 24.4 Å². The Labute approximate surface area is 87.3 Å². The van der Waals surface area contributed by atoms with Crippen molar-refractivity contribution in [3.8, 4) is 0 Å². The molecule has 0 radical (unpaired) electrons. The molecule has 0 amide bonds. The molecule has 0 bridgehead atoms. The summed E-state index contributed by atoms with van der Waals surface area (Å²) in [6.07, 6.45) is 0. The van der Waals surface area contributed by atoms with E-state index in [4.69, 9.17) is 0 Å². The van der Waals surface area contributed by atoms with Crippen molar-refractivity contribution in [1.29, 1.82) is 0 Å². The number of hydrogen-bond donors (Lipinski definition) is 1. The fraction of sp³-hybridized carbons (Fsp3) is 1.00. The fourth-order valence-electron chi connectivity index (χ4n) is 0.595. The van der Waals surface area contributed by atoms with Crippen LogP contribution in [0.5, 0.6) is 0 Å². The Hall–Kier alpha value is 0.700. The smallest absolute Gasteiger partial charge is 0.00419 e. The van der Waals surface area contributed by atoms with Crippen LogP contribution in [-0.4, -0.2) is 16.8 Å². The first-order chi connectivity index (χ1) is 5.39. The van der Waals surface area contributed by atoms with Gasteiger partial charge in [0.05, 0.1) is 0 Å². The third-order valence-corrected chi connectivity index (χ3v) is 4.98. The molecule has 0 saturated carbocycles. The minimum absolute atomic E-state index is 0.386. The van der Waals surface area contributed by atoms with Crippen molar-refractivity contribution in [3.05, 3.63) is 0 Å². The molecule has 0 fully saturated rings. The van der Waals surface area contributed by atoms with Gasteiger partial charge in [0.2, 0.25) is 0 Å². The predicted octanol–water partition coefficient (Wildman–Crippen LogP) is 3.72. The summed E-state index contributed by atoms with van der Waals surface area (Å²) in [5.74, 6) is 2.98. The molecule has 0 aliphatic heterocycles. The summed E-state index contributed by atoms with van der Waals surface area (Å²) in [6, 6.07) is 0. The minimum Gasteiger partial charge on any atom is -0.179 e. The molecule has 0 aromatic carbocycles. The first-order valence-electron chi connectivity index (χ1n) is 4.61. The lowest BCUT2D eigenvalue weighted by Gasteiger charge is -2.24. The third kappa shape index (κ3) is 5.36. The standard InChI is InChI=1S/C10H22S2/c1-8(2)9(3)12-7-10(4,5)6-11/h8-9,11H,6-7H2,1-5H3. The van der Waals surface area contributed by atoms with Gasteiger partial charge < -0.3 is 0 Å². The zero-order valence-corrected chi connectivity index (χ0v) is 10.6. The van der Waals surface area contributed by atoms with E-state index in [0.717, 1.165) is 16.9 Å². The maximum Gasteiger partial charge on any atom is 0.00419 e. The highest BCUT2D eigenvalue weighted by atomic mass is 32.2. The SMILES string of the molecule is CC(C)C(C)SCC(C)(C)CS. The van der Waals surface area contributed by atoms with Gasteiger partial charge in [0.1, 0.15) is 0 Å². The Kier molecular flexibility index (Phi) is 5.75. The number of rotatable bonds is 5. The molecule has 0 aliphatic carbocycles. The van der Waals surface area contributed by atoms with Crippen molar-refractivity contribution >= 4 is 24.4 Å². The Morgan fingerprint density at radius 1 is 1.25 bits per heavy atom. The molecule has 0 rings (SSSR count). The lowest BCUT2D eigenvalue weighted by Crippen LogP contribution is -2.19. The molecule has 1 unspecified atom stereocenters. The van der Waals surface area contributed by atoms with Gasteiger partial charge in [-0.25, -0.2) is 0 Å². The lowest BCUT2D eigenvalue weighted by atomic mass is 10.0. The molecular weight excluding hydrogens is 184 g/mol. The van der Waals surface area contributed by atoms with Crippen LogP contribution in [0.3, 0.4) is 0 Å². The molecule has 0 spiro atoms. The summed E-state index contributed by atoms with van der Waals surface area (Å²) in [7, 11) is 0. The Bertz CT molecular complexity index is 119. The summed E-state index contributed by atoms with van der Waals surface area (Å²) in [4.78, 5) is 0. The van der Waals surface area contributed by atoms with Crippen LogP contribution in [0.25, 0.3) is 0 Å². The van der Waals surface area contributed by atoms with E-state index in [1.165, 1.54) is 5.75 Å². The monoisotopic (exact) mass is 206 g/mol. The second-order valence-corrected chi connectivity index (χ2v) is 6.26. The second-order valence-electron chi connectivity index (χ2n) is 4.58. The van der Waals surface area contributed by atoms with Gasteiger partial charge in [-0.05, 0) is 22.8 Å². The first-order valence-corrected chi connectivity index (χ1v) is 6.29. The van der Waals surface area contributed by atoms with Crippen molar-refractivity contribution in [1.82, 2.24) is 0 Å². The van der Waals surface area contributed by atoms with Gasteiger partial charge in [-0.3, -0.25) is 0 Å². The van der Waals surface area contributed by atoms with Gasteiger partial charge in [-0.2, -0.15) is 24.4 Å². The van der Waals surface area contributed by atoms with E-state index >= 15 is 0 Å². The van der Waals surface area contributed by atoms with Crippen LogP contribution in [0.4, 0.5) is 0 Å². The third-order valence-electron chi connectivity index (χ3n) is 2.10. The topological polar surface area (TPSA) is 0 Å². The van der Waals surface area contributed by atoms with Crippen LogP contribution < -0.4 is 0 Å². The summed E-state index contributed by atoms with van der Waals surface area (Å²) in [6.45, 7) is 11.4. The highest BCUT2D eigenvalue weighted by Gasteiger charge is 2.18.